The normalized spacial score (nSPS) is 10.5. The molecule has 0 aromatic heterocycles. The van der Waals surface area contributed by atoms with Crippen LogP contribution in [-0.2, 0) is 13.2 Å². The summed E-state index contributed by atoms with van der Waals surface area (Å²) in [5.74, 6) is 0.646. The van der Waals surface area contributed by atoms with Crippen LogP contribution in [0, 0.1) is 12.7 Å². The molecule has 0 aliphatic carbocycles. The van der Waals surface area contributed by atoms with E-state index in [1.165, 1.54) is 19.2 Å². The second kappa shape index (κ2) is 6.78. The van der Waals surface area contributed by atoms with Crippen LogP contribution in [0.1, 0.15) is 16.7 Å². The molecule has 0 atom stereocenters. The van der Waals surface area contributed by atoms with Crippen LogP contribution in [0.25, 0.3) is 0 Å². The number of aryl methyl sites for hydroxylation is 1. The van der Waals surface area contributed by atoms with Crippen molar-refractivity contribution in [2.45, 2.75) is 20.1 Å². The number of methoxy groups -OCH3 is 1. The van der Waals surface area contributed by atoms with Crippen molar-refractivity contribution in [2.75, 3.05) is 7.11 Å². The van der Waals surface area contributed by atoms with E-state index >= 15 is 0 Å². The van der Waals surface area contributed by atoms with Crippen LogP contribution < -0.4 is 15.2 Å². The van der Waals surface area contributed by atoms with Gasteiger partial charge in [0.2, 0.25) is 0 Å². The quantitative estimate of drug-likeness (QED) is 0.913. The van der Waals surface area contributed by atoms with Crippen LogP contribution in [0.15, 0.2) is 30.3 Å². The number of nitrogens with two attached hydrogens (primary N) is 1. The molecule has 2 aromatic carbocycles. The van der Waals surface area contributed by atoms with Gasteiger partial charge in [-0.05, 0) is 47.9 Å². The van der Waals surface area contributed by atoms with Gasteiger partial charge in [0.1, 0.15) is 12.4 Å². The first-order chi connectivity index (χ1) is 10.0. The van der Waals surface area contributed by atoms with Gasteiger partial charge in [-0.2, -0.15) is 0 Å². The minimum Gasteiger partial charge on any atom is -0.493 e. The molecule has 0 saturated heterocycles. The fraction of sp³-hybridized carbons (Fsp3) is 0.250. The summed E-state index contributed by atoms with van der Waals surface area (Å²) >= 11 is 6.19. The molecule has 0 radical (unpaired) electrons. The zero-order valence-corrected chi connectivity index (χ0v) is 12.7. The summed E-state index contributed by atoms with van der Waals surface area (Å²) in [6.45, 7) is 2.47. The fourth-order valence-corrected chi connectivity index (χ4v) is 2.26. The van der Waals surface area contributed by atoms with E-state index in [1.54, 1.807) is 18.2 Å². The molecule has 0 amide bonds. The van der Waals surface area contributed by atoms with Gasteiger partial charge in [0.05, 0.1) is 12.1 Å². The summed E-state index contributed by atoms with van der Waals surface area (Å²) in [4.78, 5) is 0. The lowest BCUT2D eigenvalue weighted by Gasteiger charge is -2.14. The number of hydrogen-bond acceptors (Lipinski definition) is 3. The SMILES string of the molecule is COc1cc(CN)cc(Cl)c1OCc1cc(F)ccc1C. The molecule has 0 saturated carbocycles. The first-order valence-electron chi connectivity index (χ1n) is 6.49. The van der Waals surface area contributed by atoms with E-state index in [2.05, 4.69) is 0 Å². The van der Waals surface area contributed by atoms with Crippen molar-refractivity contribution in [3.05, 3.63) is 57.9 Å². The molecule has 2 rings (SSSR count). The van der Waals surface area contributed by atoms with E-state index < -0.39 is 0 Å². The first-order valence-corrected chi connectivity index (χ1v) is 6.87. The van der Waals surface area contributed by atoms with Crippen molar-refractivity contribution in [2.24, 2.45) is 5.73 Å². The maximum atomic E-state index is 13.3. The van der Waals surface area contributed by atoms with Gasteiger partial charge in [-0.25, -0.2) is 4.39 Å². The Labute approximate surface area is 128 Å². The smallest absolute Gasteiger partial charge is 0.180 e. The zero-order chi connectivity index (χ0) is 15.4. The van der Waals surface area contributed by atoms with Crippen molar-refractivity contribution in [1.82, 2.24) is 0 Å². The van der Waals surface area contributed by atoms with Gasteiger partial charge < -0.3 is 15.2 Å². The zero-order valence-electron chi connectivity index (χ0n) is 12.0. The Hall–Kier alpha value is -1.78. The Morgan fingerprint density at radius 3 is 2.67 bits per heavy atom. The molecule has 2 N–H and O–H groups in total. The molecule has 0 spiro atoms. The Bertz CT molecular complexity index is 646. The minimum atomic E-state index is -0.296. The number of halogens is 2. The van der Waals surface area contributed by atoms with E-state index in [9.17, 15) is 4.39 Å². The van der Waals surface area contributed by atoms with Crippen molar-refractivity contribution >= 4 is 11.6 Å². The first kappa shape index (κ1) is 15.6. The predicted octanol–water partition coefficient (Wildman–Crippen LogP) is 3.83. The summed E-state index contributed by atoms with van der Waals surface area (Å²) in [6, 6.07) is 8.09. The topological polar surface area (TPSA) is 44.5 Å². The molecule has 5 heteroatoms. The van der Waals surface area contributed by atoms with Crippen LogP contribution in [0.5, 0.6) is 11.5 Å². The van der Waals surface area contributed by atoms with Crippen LogP contribution >= 0.6 is 11.6 Å². The monoisotopic (exact) mass is 309 g/mol. The standard InChI is InChI=1S/C16H17ClFNO2/c1-10-3-4-13(18)7-12(10)9-21-16-14(17)5-11(8-19)6-15(16)20-2/h3-7H,8-9,19H2,1-2H3. The summed E-state index contributed by atoms with van der Waals surface area (Å²) in [5, 5.41) is 0.420. The predicted molar refractivity (Wildman–Crippen MR) is 81.4 cm³/mol. The average molecular weight is 310 g/mol. The molecule has 21 heavy (non-hydrogen) atoms. The Morgan fingerprint density at radius 1 is 1.24 bits per heavy atom. The third-order valence-electron chi connectivity index (χ3n) is 3.21. The van der Waals surface area contributed by atoms with Gasteiger partial charge >= 0.3 is 0 Å². The number of hydrogen-bond donors (Lipinski definition) is 1. The number of benzene rings is 2. The summed E-state index contributed by atoms with van der Waals surface area (Å²) in [7, 11) is 1.53. The molecular formula is C16H17ClFNO2. The molecule has 0 aliphatic heterocycles. The lowest BCUT2D eigenvalue weighted by molar-refractivity contribution is 0.283. The molecule has 0 aliphatic rings. The van der Waals surface area contributed by atoms with E-state index in [-0.39, 0.29) is 12.4 Å². The van der Waals surface area contributed by atoms with Gasteiger partial charge in [-0.15, -0.1) is 0 Å². The highest BCUT2D eigenvalue weighted by atomic mass is 35.5. The molecular weight excluding hydrogens is 293 g/mol. The van der Waals surface area contributed by atoms with Gasteiger partial charge in [-0.1, -0.05) is 17.7 Å². The van der Waals surface area contributed by atoms with Gasteiger partial charge in [0, 0.05) is 6.54 Å². The van der Waals surface area contributed by atoms with Crippen molar-refractivity contribution in [3.63, 3.8) is 0 Å². The van der Waals surface area contributed by atoms with Gasteiger partial charge in [-0.3, -0.25) is 0 Å². The lowest BCUT2D eigenvalue weighted by Crippen LogP contribution is -2.03. The Morgan fingerprint density at radius 2 is 2.00 bits per heavy atom. The second-order valence-electron chi connectivity index (χ2n) is 4.67. The van der Waals surface area contributed by atoms with Crippen molar-refractivity contribution < 1.29 is 13.9 Å². The highest BCUT2D eigenvalue weighted by molar-refractivity contribution is 6.32. The third kappa shape index (κ3) is 3.65. The second-order valence-corrected chi connectivity index (χ2v) is 5.08. The number of ether oxygens (including phenoxy) is 2. The molecule has 2 aromatic rings. The molecule has 0 unspecified atom stereocenters. The highest BCUT2D eigenvalue weighted by Gasteiger charge is 2.12. The van der Waals surface area contributed by atoms with E-state index in [0.717, 1.165) is 16.7 Å². The van der Waals surface area contributed by atoms with E-state index in [0.29, 0.717) is 23.1 Å². The van der Waals surface area contributed by atoms with Crippen LogP contribution in [0.2, 0.25) is 5.02 Å². The summed E-state index contributed by atoms with van der Waals surface area (Å²) < 4.78 is 24.3. The minimum absolute atomic E-state index is 0.210. The maximum absolute atomic E-state index is 13.3. The van der Waals surface area contributed by atoms with Crippen LogP contribution in [-0.4, -0.2) is 7.11 Å². The van der Waals surface area contributed by atoms with Crippen molar-refractivity contribution in [3.8, 4) is 11.5 Å². The fourth-order valence-electron chi connectivity index (χ4n) is 1.98. The average Bonchev–Trinajstić information content (AvgIpc) is 2.48. The van der Waals surface area contributed by atoms with Crippen LogP contribution in [0.4, 0.5) is 4.39 Å². The summed E-state index contributed by atoms with van der Waals surface area (Å²) in [5.41, 5.74) is 8.16. The van der Waals surface area contributed by atoms with E-state index in [1.807, 2.05) is 6.92 Å². The Balaban J connectivity index is 2.25. The molecule has 3 nitrogen and oxygen atoms in total. The lowest BCUT2D eigenvalue weighted by atomic mass is 10.1. The molecule has 0 fully saturated rings. The van der Waals surface area contributed by atoms with Crippen molar-refractivity contribution in [1.29, 1.82) is 0 Å². The molecule has 0 heterocycles. The maximum Gasteiger partial charge on any atom is 0.180 e. The highest BCUT2D eigenvalue weighted by Crippen LogP contribution is 2.37. The summed E-state index contributed by atoms with van der Waals surface area (Å²) in [6.07, 6.45) is 0. The Kier molecular flexibility index (Phi) is 5.04. The molecule has 112 valence electrons. The van der Waals surface area contributed by atoms with Gasteiger partial charge in [0.25, 0.3) is 0 Å². The van der Waals surface area contributed by atoms with E-state index in [4.69, 9.17) is 26.8 Å². The van der Waals surface area contributed by atoms with Crippen LogP contribution in [0.3, 0.4) is 0 Å². The number of rotatable bonds is 5. The van der Waals surface area contributed by atoms with Gasteiger partial charge in [0.15, 0.2) is 11.5 Å². The third-order valence-corrected chi connectivity index (χ3v) is 3.49. The largest absolute Gasteiger partial charge is 0.493 e. The molecule has 0 bridgehead atoms.